The standard InChI is InChI=1S/C16H24N2O3/c1-12(2)21-10-13-4-3-5-14(8-13)18-16(19)9-15-11-20-7-6-17-15/h3-5,8,12,15,17H,6-7,9-11H2,1-2H3,(H,18,19). The first kappa shape index (κ1) is 15.9. The summed E-state index contributed by atoms with van der Waals surface area (Å²) in [6, 6.07) is 7.86. The van der Waals surface area contributed by atoms with Crippen molar-refractivity contribution in [3.05, 3.63) is 29.8 Å². The van der Waals surface area contributed by atoms with Crippen molar-refractivity contribution in [2.75, 3.05) is 25.1 Å². The number of hydrogen-bond acceptors (Lipinski definition) is 4. The smallest absolute Gasteiger partial charge is 0.226 e. The van der Waals surface area contributed by atoms with E-state index in [9.17, 15) is 4.79 Å². The zero-order valence-electron chi connectivity index (χ0n) is 12.7. The number of hydrogen-bond donors (Lipinski definition) is 2. The number of carbonyl (C=O) groups excluding carboxylic acids is 1. The quantitative estimate of drug-likeness (QED) is 0.841. The SMILES string of the molecule is CC(C)OCc1cccc(NC(=O)CC2COCCN2)c1. The van der Waals surface area contributed by atoms with Crippen molar-refractivity contribution in [1.82, 2.24) is 5.32 Å². The first-order valence-corrected chi connectivity index (χ1v) is 7.45. The van der Waals surface area contributed by atoms with E-state index in [1.165, 1.54) is 0 Å². The number of nitrogens with one attached hydrogen (secondary N) is 2. The zero-order valence-corrected chi connectivity index (χ0v) is 12.7. The van der Waals surface area contributed by atoms with Gasteiger partial charge in [-0.3, -0.25) is 4.79 Å². The van der Waals surface area contributed by atoms with Crippen LogP contribution in [-0.4, -0.2) is 37.8 Å². The van der Waals surface area contributed by atoms with Crippen LogP contribution in [0, 0.1) is 0 Å². The van der Waals surface area contributed by atoms with Gasteiger partial charge in [-0.1, -0.05) is 12.1 Å². The lowest BCUT2D eigenvalue weighted by atomic mass is 10.1. The maximum Gasteiger partial charge on any atom is 0.226 e. The van der Waals surface area contributed by atoms with Crippen molar-refractivity contribution in [2.45, 2.75) is 39.0 Å². The summed E-state index contributed by atoms with van der Waals surface area (Å²) in [6.07, 6.45) is 0.618. The fourth-order valence-corrected chi connectivity index (χ4v) is 2.19. The largest absolute Gasteiger partial charge is 0.378 e. The minimum Gasteiger partial charge on any atom is -0.378 e. The summed E-state index contributed by atoms with van der Waals surface area (Å²) < 4.78 is 10.9. The molecule has 5 nitrogen and oxygen atoms in total. The Morgan fingerprint density at radius 1 is 1.52 bits per heavy atom. The molecular formula is C16H24N2O3. The number of benzene rings is 1. The first-order chi connectivity index (χ1) is 10.1. The monoisotopic (exact) mass is 292 g/mol. The molecule has 2 N–H and O–H groups in total. The number of carbonyl (C=O) groups is 1. The fraction of sp³-hybridized carbons (Fsp3) is 0.562. The van der Waals surface area contributed by atoms with Crippen LogP contribution in [0.25, 0.3) is 0 Å². The Hall–Kier alpha value is -1.43. The lowest BCUT2D eigenvalue weighted by Crippen LogP contribution is -2.43. The van der Waals surface area contributed by atoms with E-state index in [0.29, 0.717) is 19.6 Å². The Bertz CT molecular complexity index is 457. The van der Waals surface area contributed by atoms with Gasteiger partial charge in [-0.2, -0.15) is 0 Å². The van der Waals surface area contributed by atoms with Crippen LogP contribution < -0.4 is 10.6 Å². The highest BCUT2D eigenvalue weighted by atomic mass is 16.5. The minimum absolute atomic E-state index is 0.0000667. The summed E-state index contributed by atoms with van der Waals surface area (Å²) in [4.78, 5) is 12.0. The summed E-state index contributed by atoms with van der Waals surface area (Å²) in [7, 11) is 0. The Kier molecular flexibility index (Phi) is 6.17. The number of morpholine rings is 1. The van der Waals surface area contributed by atoms with Crippen LogP contribution in [0.5, 0.6) is 0 Å². The molecule has 0 radical (unpaired) electrons. The second kappa shape index (κ2) is 8.12. The molecule has 0 bridgehead atoms. The van der Waals surface area contributed by atoms with Crippen LogP contribution in [0.3, 0.4) is 0 Å². The van der Waals surface area contributed by atoms with Gasteiger partial charge < -0.3 is 20.1 Å². The van der Waals surface area contributed by atoms with Crippen molar-refractivity contribution in [1.29, 1.82) is 0 Å². The maximum atomic E-state index is 12.0. The third-order valence-electron chi connectivity index (χ3n) is 3.22. The van der Waals surface area contributed by atoms with Gasteiger partial charge in [-0.15, -0.1) is 0 Å². The zero-order chi connectivity index (χ0) is 15.1. The molecule has 1 aromatic rings. The Labute approximate surface area is 126 Å². The van der Waals surface area contributed by atoms with Gasteiger partial charge in [0, 0.05) is 24.7 Å². The van der Waals surface area contributed by atoms with E-state index in [1.54, 1.807) is 0 Å². The molecule has 1 aromatic carbocycles. The number of anilines is 1. The molecule has 116 valence electrons. The summed E-state index contributed by atoms with van der Waals surface area (Å²) in [5, 5.41) is 6.20. The van der Waals surface area contributed by atoms with Gasteiger partial charge in [-0.25, -0.2) is 0 Å². The minimum atomic E-state index is -0.0000667. The van der Waals surface area contributed by atoms with Crippen LogP contribution in [0.1, 0.15) is 25.8 Å². The average molecular weight is 292 g/mol. The van der Waals surface area contributed by atoms with Crippen LogP contribution >= 0.6 is 0 Å². The normalized spacial score (nSPS) is 18.7. The molecule has 0 aliphatic carbocycles. The van der Waals surface area contributed by atoms with Gasteiger partial charge in [0.05, 0.1) is 25.9 Å². The van der Waals surface area contributed by atoms with E-state index < -0.39 is 0 Å². The summed E-state index contributed by atoms with van der Waals surface area (Å²) >= 11 is 0. The average Bonchev–Trinajstić information content (AvgIpc) is 2.46. The summed E-state index contributed by atoms with van der Waals surface area (Å²) in [6.45, 7) is 6.68. The molecule has 1 unspecified atom stereocenters. The molecule has 0 spiro atoms. The molecule has 1 aliphatic heterocycles. The summed E-state index contributed by atoms with van der Waals surface area (Å²) in [5.74, 6) is -0.0000667. The van der Waals surface area contributed by atoms with E-state index in [1.807, 2.05) is 38.1 Å². The van der Waals surface area contributed by atoms with Gasteiger partial charge in [0.1, 0.15) is 0 Å². The molecule has 1 aliphatic rings. The highest BCUT2D eigenvalue weighted by Crippen LogP contribution is 2.13. The van der Waals surface area contributed by atoms with Crippen molar-refractivity contribution < 1.29 is 14.3 Å². The molecule has 0 saturated carbocycles. The topological polar surface area (TPSA) is 59.6 Å². The molecule has 1 fully saturated rings. The third-order valence-corrected chi connectivity index (χ3v) is 3.22. The van der Waals surface area contributed by atoms with Crippen LogP contribution in [0.15, 0.2) is 24.3 Å². The number of rotatable bonds is 6. The number of amides is 1. The van der Waals surface area contributed by atoms with Gasteiger partial charge in [-0.05, 0) is 31.5 Å². The van der Waals surface area contributed by atoms with Crippen molar-refractivity contribution in [3.8, 4) is 0 Å². The van der Waals surface area contributed by atoms with Gasteiger partial charge >= 0.3 is 0 Å². The highest BCUT2D eigenvalue weighted by Gasteiger charge is 2.16. The molecule has 1 amide bonds. The number of ether oxygens (including phenoxy) is 2. The fourth-order valence-electron chi connectivity index (χ4n) is 2.19. The van der Waals surface area contributed by atoms with Crippen LogP contribution in [0.4, 0.5) is 5.69 Å². The van der Waals surface area contributed by atoms with Crippen LogP contribution in [-0.2, 0) is 20.9 Å². The molecule has 21 heavy (non-hydrogen) atoms. The second-order valence-electron chi connectivity index (χ2n) is 5.54. The molecule has 1 saturated heterocycles. The molecule has 5 heteroatoms. The Morgan fingerprint density at radius 2 is 2.38 bits per heavy atom. The Morgan fingerprint density at radius 3 is 3.10 bits per heavy atom. The predicted octanol–water partition coefficient (Wildman–Crippen LogP) is 1.93. The first-order valence-electron chi connectivity index (χ1n) is 7.45. The van der Waals surface area contributed by atoms with Gasteiger partial charge in [0.25, 0.3) is 0 Å². The predicted molar refractivity (Wildman–Crippen MR) is 82.2 cm³/mol. The molecule has 2 rings (SSSR count). The third kappa shape index (κ3) is 5.83. The molecule has 0 aromatic heterocycles. The lowest BCUT2D eigenvalue weighted by molar-refractivity contribution is -0.117. The molecule has 1 atom stereocenters. The van der Waals surface area contributed by atoms with Gasteiger partial charge in [0.2, 0.25) is 5.91 Å². The maximum absolute atomic E-state index is 12.0. The van der Waals surface area contributed by atoms with Crippen molar-refractivity contribution >= 4 is 11.6 Å². The second-order valence-corrected chi connectivity index (χ2v) is 5.54. The van der Waals surface area contributed by atoms with Crippen molar-refractivity contribution in [2.24, 2.45) is 0 Å². The van der Waals surface area contributed by atoms with E-state index in [4.69, 9.17) is 9.47 Å². The Balaban J connectivity index is 1.83. The molecular weight excluding hydrogens is 268 g/mol. The lowest BCUT2D eigenvalue weighted by Gasteiger charge is -2.23. The van der Waals surface area contributed by atoms with E-state index in [-0.39, 0.29) is 18.1 Å². The van der Waals surface area contributed by atoms with E-state index in [0.717, 1.165) is 24.4 Å². The van der Waals surface area contributed by atoms with E-state index in [2.05, 4.69) is 10.6 Å². The molecule has 1 heterocycles. The van der Waals surface area contributed by atoms with E-state index >= 15 is 0 Å². The van der Waals surface area contributed by atoms with Gasteiger partial charge in [0.15, 0.2) is 0 Å². The van der Waals surface area contributed by atoms with Crippen molar-refractivity contribution in [3.63, 3.8) is 0 Å². The highest BCUT2D eigenvalue weighted by molar-refractivity contribution is 5.91. The van der Waals surface area contributed by atoms with Crippen LogP contribution in [0.2, 0.25) is 0 Å². The summed E-state index contributed by atoms with van der Waals surface area (Å²) in [5.41, 5.74) is 1.86.